The lowest BCUT2D eigenvalue weighted by atomic mass is 10.2. The smallest absolute Gasteiger partial charge is 0.257 e. The average Bonchev–Trinajstić information content (AvgIpc) is 2.82. The van der Waals surface area contributed by atoms with Crippen molar-refractivity contribution < 1.29 is 9.53 Å². The molecule has 0 aromatic carbocycles. The van der Waals surface area contributed by atoms with Gasteiger partial charge in [0.2, 0.25) is 0 Å². The molecule has 1 saturated heterocycles. The molecule has 0 saturated carbocycles. The highest BCUT2D eigenvalue weighted by atomic mass is 79.9. The molecule has 88 valence electrons. The summed E-state index contributed by atoms with van der Waals surface area (Å²) in [4.78, 5) is 14.0. The van der Waals surface area contributed by atoms with E-state index in [0.29, 0.717) is 18.7 Å². The van der Waals surface area contributed by atoms with Crippen LogP contribution in [0.25, 0.3) is 0 Å². The van der Waals surface area contributed by atoms with Crippen LogP contribution in [-0.4, -0.2) is 51.6 Å². The van der Waals surface area contributed by atoms with E-state index in [2.05, 4.69) is 26.1 Å². The van der Waals surface area contributed by atoms with Gasteiger partial charge in [0.05, 0.1) is 30.5 Å². The minimum atomic E-state index is 0.00972. The molecule has 0 radical (unpaired) electrons. The van der Waals surface area contributed by atoms with E-state index >= 15 is 0 Å². The van der Waals surface area contributed by atoms with Crippen LogP contribution in [0.1, 0.15) is 17.3 Å². The summed E-state index contributed by atoms with van der Waals surface area (Å²) in [6, 6.07) is 0.109. The minimum Gasteiger partial charge on any atom is -0.373 e. The molecule has 1 aliphatic rings. The molecule has 1 aliphatic heterocycles. The van der Waals surface area contributed by atoms with Crippen molar-refractivity contribution in [2.75, 3.05) is 18.5 Å². The van der Waals surface area contributed by atoms with Crippen LogP contribution in [0.15, 0.2) is 12.4 Å². The topological polar surface area (TPSA) is 58.2 Å². The van der Waals surface area contributed by atoms with Gasteiger partial charge in [0, 0.05) is 18.1 Å². The van der Waals surface area contributed by atoms with Crippen LogP contribution in [0.2, 0.25) is 0 Å². The van der Waals surface area contributed by atoms with Crippen molar-refractivity contribution >= 4 is 21.8 Å². The van der Waals surface area contributed by atoms with Crippen LogP contribution in [0, 0.1) is 0 Å². The van der Waals surface area contributed by atoms with Crippen LogP contribution < -0.4 is 0 Å². The van der Waals surface area contributed by atoms with Gasteiger partial charge < -0.3 is 9.64 Å². The summed E-state index contributed by atoms with van der Waals surface area (Å²) in [7, 11) is 0. The Hall–Kier alpha value is -0.880. The molecular formula is C10H14BrN3O2. The van der Waals surface area contributed by atoms with Crippen molar-refractivity contribution in [1.29, 1.82) is 0 Å². The maximum absolute atomic E-state index is 12.1. The molecular weight excluding hydrogens is 274 g/mol. The quantitative estimate of drug-likeness (QED) is 0.827. The van der Waals surface area contributed by atoms with Crippen molar-refractivity contribution in [3.05, 3.63) is 18.0 Å². The number of amides is 1. The number of rotatable bonds is 2. The third-order valence-corrected chi connectivity index (χ3v) is 3.41. The van der Waals surface area contributed by atoms with Gasteiger partial charge in [-0.3, -0.25) is 9.89 Å². The number of H-pyrrole nitrogens is 1. The SMILES string of the molecule is CC1COC(CBr)CN1C(=O)c1cn[nH]c1. The predicted molar refractivity (Wildman–Crippen MR) is 62.6 cm³/mol. The van der Waals surface area contributed by atoms with E-state index in [4.69, 9.17) is 4.74 Å². The van der Waals surface area contributed by atoms with Gasteiger partial charge in [-0.25, -0.2) is 0 Å². The molecule has 1 aromatic heterocycles. The first-order chi connectivity index (χ1) is 7.72. The Bertz CT molecular complexity index is 355. The van der Waals surface area contributed by atoms with E-state index in [0.717, 1.165) is 5.33 Å². The second-order valence-electron chi connectivity index (χ2n) is 3.90. The summed E-state index contributed by atoms with van der Waals surface area (Å²) in [6.07, 6.45) is 3.24. The number of halogens is 1. The lowest BCUT2D eigenvalue weighted by Gasteiger charge is -2.37. The predicted octanol–water partition coefficient (Wildman–Crippen LogP) is 1.03. The van der Waals surface area contributed by atoms with Crippen LogP contribution in [0.3, 0.4) is 0 Å². The number of nitrogens with one attached hydrogen (secondary N) is 1. The molecule has 1 fully saturated rings. The van der Waals surface area contributed by atoms with E-state index in [1.807, 2.05) is 11.8 Å². The Morgan fingerprint density at radius 3 is 3.25 bits per heavy atom. The highest BCUT2D eigenvalue weighted by molar-refractivity contribution is 9.09. The van der Waals surface area contributed by atoms with Gasteiger partial charge >= 0.3 is 0 Å². The number of hydrogen-bond acceptors (Lipinski definition) is 3. The van der Waals surface area contributed by atoms with E-state index < -0.39 is 0 Å². The molecule has 2 rings (SSSR count). The molecule has 1 aromatic rings. The first kappa shape index (κ1) is 11.6. The highest BCUT2D eigenvalue weighted by Gasteiger charge is 2.29. The van der Waals surface area contributed by atoms with Gasteiger partial charge in [-0.15, -0.1) is 0 Å². The first-order valence-electron chi connectivity index (χ1n) is 5.19. The molecule has 5 nitrogen and oxygen atoms in total. The molecule has 2 unspecified atom stereocenters. The fourth-order valence-electron chi connectivity index (χ4n) is 1.73. The number of carbonyl (C=O) groups is 1. The molecule has 1 amide bonds. The number of hydrogen-bond donors (Lipinski definition) is 1. The fraction of sp³-hybridized carbons (Fsp3) is 0.600. The van der Waals surface area contributed by atoms with Gasteiger partial charge in [-0.05, 0) is 6.92 Å². The minimum absolute atomic E-state index is 0.00972. The van der Waals surface area contributed by atoms with Gasteiger partial charge in [-0.1, -0.05) is 15.9 Å². The third-order valence-electron chi connectivity index (χ3n) is 2.68. The summed E-state index contributed by atoms with van der Waals surface area (Å²) in [6.45, 7) is 3.19. The molecule has 16 heavy (non-hydrogen) atoms. The van der Waals surface area contributed by atoms with Crippen LogP contribution in [-0.2, 0) is 4.74 Å². The van der Waals surface area contributed by atoms with Gasteiger partial charge in [0.15, 0.2) is 0 Å². The molecule has 2 atom stereocenters. The van der Waals surface area contributed by atoms with Crippen molar-refractivity contribution in [3.8, 4) is 0 Å². The average molecular weight is 288 g/mol. The van der Waals surface area contributed by atoms with E-state index in [1.165, 1.54) is 0 Å². The Balaban J connectivity index is 2.09. The number of aromatic nitrogens is 2. The Morgan fingerprint density at radius 2 is 2.62 bits per heavy atom. The van der Waals surface area contributed by atoms with E-state index in [9.17, 15) is 4.79 Å². The summed E-state index contributed by atoms with van der Waals surface area (Å²) in [5.41, 5.74) is 0.599. The van der Waals surface area contributed by atoms with Gasteiger partial charge in [0.25, 0.3) is 5.91 Å². The summed E-state index contributed by atoms with van der Waals surface area (Å²) in [5.74, 6) is 0.00972. The lowest BCUT2D eigenvalue weighted by molar-refractivity contribution is -0.0361. The normalized spacial score (nSPS) is 25.8. The second-order valence-corrected chi connectivity index (χ2v) is 4.55. The Kier molecular flexibility index (Phi) is 3.60. The van der Waals surface area contributed by atoms with Crippen LogP contribution in [0.5, 0.6) is 0 Å². The number of morpholine rings is 1. The van der Waals surface area contributed by atoms with E-state index in [-0.39, 0.29) is 18.1 Å². The van der Waals surface area contributed by atoms with E-state index in [1.54, 1.807) is 12.4 Å². The molecule has 0 spiro atoms. The number of carbonyl (C=O) groups excluding carboxylic acids is 1. The monoisotopic (exact) mass is 287 g/mol. The summed E-state index contributed by atoms with van der Waals surface area (Å²) < 4.78 is 5.57. The maximum Gasteiger partial charge on any atom is 0.257 e. The Morgan fingerprint density at radius 1 is 1.81 bits per heavy atom. The standard InChI is InChI=1S/C10H14BrN3O2/c1-7-6-16-9(2-11)5-14(7)10(15)8-3-12-13-4-8/h3-4,7,9H,2,5-6H2,1H3,(H,12,13). The number of nitrogens with zero attached hydrogens (tertiary/aromatic N) is 2. The molecule has 2 heterocycles. The zero-order valence-electron chi connectivity index (χ0n) is 9.02. The van der Waals surface area contributed by atoms with Gasteiger partial charge in [0.1, 0.15) is 0 Å². The Labute approximate surface area is 102 Å². The molecule has 0 bridgehead atoms. The van der Waals surface area contributed by atoms with Crippen molar-refractivity contribution in [2.24, 2.45) is 0 Å². The molecule has 1 N–H and O–H groups in total. The zero-order valence-corrected chi connectivity index (χ0v) is 10.6. The lowest BCUT2D eigenvalue weighted by Crippen LogP contribution is -2.51. The van der Waals surface area contributed by atoms with Gasteiger partial charge in [-0.2, -0.15) is 5.10 Å². The largest absolute Gasteiger partial charge is 0.373 e. The summed E-state index contributed by atoms with van der Waals surface area (Å²) >= 11 is 3.37. The maximum atomic E-state index is 12.1. The molecule has 6 heteroatoms. The first-order valence-corrected chi connectivity index (χ1v) is 6.32. The highest BCUT2D eigenvalue weighted by Crippen LogP contribution is 2.16. The van der Waals surface area contributed by atoms with Crippen LogP contribution in [0.4, 0.5) is 0 Å². The van der Waals surface area contributed by atoms with Crippen molar-refractivity contribution in [3.63, 3.8) is 0 Å². The number of alkyl halides is 1. The van der Waals surface area contributed by atoms with Crippen LogP contribution >= 0.6 is 15.9 Å². The summed E-state index contributed by atoms with van der Waals surface area (Å²) in [5, 5.41) is 7.19. The van der Waals surface area contributed by atoms with Crippen molar-refractivity contribution in [1.82, 2.24) is 15.1 Å². The fourth-order valence-corrected chi connectivity index (χ4v) is 2.12. The molecule has 0 aliphatic carbocycles. The number of aromatic amines is 1. The number of ether oxygens (including phenoxy) is 1. The second kappa shape index (κ2) is 4.97. The third kappa shape index (κ3) is 2.27. The zero-order chi connectivity index (χ0) is 11.5. The van der Waals surface area contributed by atoms with Crippen molar-refractivity contribution in [2.45, 2.75) is 19.1 Å².